The van der Waals surface area contributed by atoms with Crippen molar-refractivity contribution in [2.24, 2.45) is 0 Å². The first-order valence-electron chi connectivity index (χ1n) is 7.51. The molecule has 1 saturated heterocycles. The van der Waals surface area contributed by atoms with Crippen LogP contribution in [0.5, 0.6) is 0 Å². The van der Waals surface area contributed by atoms with E-state index in [0.29, 0.717) is 24.1 Å². The van der Waals surface area contributed by atoms with Crippen molar-refractivity contribution in [1.82, 2.24) is 9.88 Å². The number of aromatic nitrogens is 1. The number of ether oxygens (including phenoxy) is 1. The molecular formula is C17H21FN2O2. The Morgan fingerprint density at radius 2 is 2.18 bits per heavy atom. The molecule has 0 radical (unpaired) electrons. The number of amides is 1. The number of benzene rings is 1. The van der Waals surface area contributed by atoms with E-state index in [1.165, 1.54) is 12.1 Å². The molecule has 0 aliphatic carbocycles. The number of aryl methyl sites for hydroxylation is 1. The lowest BCUT2D eigenvalue weighted by Gasteiger charge is -2.44. The van der Waals surface area contributed by atoms with Gasteiger partial charge in [0.2, 0.25) is 0 Å². The highest BCUT2D eigenvalue weighted by molar-refractivity contribution is 6.08. The van der Waals surface area contributed by atoms with Crippen LogP contribution >= 0.6 is 0 Å². The number of nitrogens with one attached hydrogen (secondary N) is 1. The molecule has 1 atom stereocenters. The summed E-state index contributed by atoms with van der Waals surface area (Å²) in [5, 5.41) is 0.637. The number of morpholine rings is 1. The van der Waals surface area contributed by atoms with E-state index >= 15 is 0 Å². The Labute approximate surface area is 129 Å². The minimum atomic E-state index is -0.382. The first-order valence-corrected chi connectivity index (χ1v) is 7.51. The van der Waals surface area contributed by atoms with Crippen LogP contribution < -0.4 is 0 Å². The van der Waals surface area contributed by atoms with Crippen LogP contribution in [-0.4, -0.2) is 40.6 Å². The number of fused-ring (bicyclic) bond motifs is 1. The molecule has 1 fully saturated rings. The highest BCUT2D eigenvalue weighted by atomic mass is 19.1. The maximum Gasteiger partial charge on any atom is 0.256 e. The molecule has 1 aliphatic rings. The van der Waals surface area contributed by atoms with Gasteiger partial charge in [0, 0.05) is 23.1 Å². The van der Waals surface area contributed by atoms with Crippen LogP contribution in [-0.2, 0) is 4.74 Å². The van der Waals surface area contributed by atoms with E-state index in [9.17, 15) is 9.18 Å². The van der Waals surface area contributed by atoms with E-state index in [0.717, 1.165) is 11.2 Å². The molecule has 0 bridgehead atoms. The van der Waals surface area contributed by atoms with Crippen molar-refractivity contribution >= 4 is 16.8 Å². The molecule has 2 heterocycles. The number of hydrogen-bond acceptors (Lipinski definition) is 2. The number of carbonyl (C=O) groups is 1. The molecule has 2 aromatic rings. The highest BCUT2D eigenvalue weighted by Crippen LogP contribution is 2.29. The number of aromatic amines is 1. The van der Waals surface area contributed by atoms with Gasteiger partial charge >= 0.3 is 0 Å². The Morgan fingerprint density at radius 3 is 2.91 bits per heavy atom. The molecule has 1 aromatic carbocycles. The van der Waals surface area contributed by atoms with E-state index in [-0.39, 0.29) is 23.4 Å². The molecule has 4 nitrogen and oxygen atoms in total. The third-order valence-electron chi connectivity index (χ3n) is 4.30. The minimum absolute atomic E-state index is 0.000719. The van der Waals surface area contributed by atoms with Gasteiger partial charge in [0.25, 0.3) is 5.91 Å². The van der Waals surface area contributed by atoms with E-state index in [1.807, 2.05) is 32.6 Å². The zero-order valence-corrected chi connectivity index (χ0v) is 13.4. The Bertz CT molecular complexity index is 736. The van der Waals surface area contributed by atoms with Gasteiger partial charge in [-0.3, -0.25) is 4.79 Å². The van der Waals surface area contributed by atoms with Crippen molar-refractivity contribution in [2.75, 3.05) is 13.2 Å². The summed E-state index contributed by atoms with van der Waals surface area (Å²) in [5.74, 6) is -0.412. The molecule has 1 aromatic heterocycles. The normalized spacial score (nSPS) is 21.3. The Kier molecular flexibility index (Phi) is 3.48. The summed E-state index contributed by atoms with van der Waals surface area (Å²) in [4.78, 5) is 18.1. The number of rotatable bonds is 1. The maximum atomic E-state index is 13.6. The first kappa shape index (κ1) is 15.0. The summed E-state index contributed by atoms with van der Waals surface area (Å²) >= 11 is 0. The second-order valence-corrected chi connectivity index (χ2v) is 6.66. The van der Waals surface area contributed by atoms with Crippen LogP contribution in [0.3, 0.4) is 0 Å². The maximum absolute atomic E-state index is 13.6. The van der Waals surface area contributed by atoms with Gasteiger partial charge in [0.15, 0.2) is 0 Å². The molecule has 3 rings (SSSR count). The Morgan fingerprint density at radius 1 is 1.45 bits per heavy atom. The lowest BCUT2D eigenvalue weighted by atomic mass is 9.98. The van der Waals surface area contributed by atoms with Crippen LogP contribution in [0.2, 0.25) is 0 Å². The van der Waals surface area contributed by atoms with Gasteiger partial charge < -0.3 is 14.6 Å². The van der Waals surface area contributed by atoms with Crippen molar-refractivity contribution in [3.63, 3.8) is 0 Å². The highest BCUT2D eigenvalue weighted by Gasteiger charge is 2.38. The van der Waals surface area contributed by atoms with Gasteiger partial charge in [-0.2, -0.15) is 0 Å². The summed E-state index contributed by atoms with van der Waals surface area (Å²) in [6.45, 7) is 8.81. The van der Waals surface area contributed by atoms with Crippen molar-refractivity contribution in [1.29, 1.82) is 0 Å². The van der Waals surface area contributed by atoms with Crippen LogP contribution in [0.4, 0.5) is 4.39 Å². The minimum Gasteiger partial charge on any atom is -0.374 e. The fraction of sp³-hybridized carbons (Fsp3) is 0.471. The number of nitrogens with zero attached hydrogens (tertiary/aromatic N) is 1. The largest absolute Gasteiger partial charge is 0.374 e. The number of halogens is 1. The van der Waals surface area contributed by atoms with E-state index in [2.05, 4.69) is 4.98 Å². The standard InChI is InChI=1S/C17H21FN2O2/c1-10-8-20(17(3,4)9-22-10)16(21)15-11(2)19-14-6-5-12(18)7-13(14)15/h5-7,10,19H,8-9H2,1-4H3. The quantitative estimate of drug-likeness (QED) is 0.879. The van der Waals surface area contributed by atoms with Crippen molar-refractivity contribution in [2.45, 2.75) is 39.3 Å². The third kappa shape index (κ3) is 2.39. The van der Waals surface area contributed by atoms with Gasteiger partial charge in [-0.15, -0.1) is 0 Å². The van der Waals surface area contributed by atoms with Crippen molar-refractivity contribution in [3.05, 3.63) is 35.3 Å². The monoisotopic (exact) mass is 304 g/mol. The van der Waals surface area contributed by atoms with Gasteiger partial charge in [0.05, 0.1) is 23.8 Å². The molecule has 0 saturated carbocycles. The predicted octanol–water partition coefficient (Wildman–Crippen LogP) is 3.25. The van der Waals surface area contributed by atoms with Crippen LogP contribution in [0.25, 0.3) is 10.9 Å². The van der Waals surface area contributed by atoms with Gasteiger partial charge in [-0.1, -0.05) is 0 Å². The summed E-state index contributed by atoms with van der Waals surface area (Å²) in [5.41, 5.74) is 1.71. The smallest absolute Gasteiger partial charge is 0.256 e. The van der Waals surface area contributed by atoms with Crippen LogP contribution in [0.1, 0.15) is 36.8 Å². The van der Waals surface area contributed by atoms with E-state index < -0.39 is 0 Å². The number of H-pyrrole nitrogens is 1. The zero-order chi connectivity index (χ0) is 16.1. The second kappa shape index (κ2) is 5.09. The lowest BCUT2D eigenvalue weighted by molar-refractivity contribution is -0.0755. The Balaban J connectivity index is 2.08. The molecular weight excluding hydrogens is 283 g/mol. The van der Waals surface area contributed by atoms with Crippen LogP contribution in [0, 0.1) is 12.7 Å². The Hall–Kier alpha value is -1.88. The molecule has 0 spiro atoms. The predicted molar refractivity (Wildman–Crippen MR) is 83.5 cm³/mol. The molecule has 22 heavy (non-hydrogen) atoms. The number of carbonyl (C=O) groups excluding carboxylic acids is 1. The third-order valence-corrected chi connectivity index (χ3v) is 4.30. The summed E-state index contributed by atoms with van der Waals surface area (Å²) in [6.07, 6.45) is -0.000719. The van der Waals surface area contributed by atoms with Crippen molar-refractivity contribution in [3.8, 4) is 0 Å². The zero-order valence-electron chi connectivity index (χ0n) is 13.4. The topological polar surface area (TPSA) is 45.3 Å². The SMILES string of the molecule is Cc1[nH]c2ccc(F)cc2c1C(=O)N1CC(C)OCC1(C)C. The fourth-order valence-corrected chi connectivity index (χ4v) is 3.05. The van der Waals surface area contributed by atoms with E-state index in [4.69, 9.17) is 4.74 Å². The molecule has 118 valence electrons. The summed E-state index contributed by atoms with van der Waals surface area (Å²) in [7, 11) is 0. The second-order valence-electron chi connectivity index (χ2n) is 6.66. The molecule has 1 aliphatic heterocycles. The number of hydrogen-bond donors (Lipinski definition) is 1. The lowest BCUT2D eigenvalue weighted by Crippen LogP contribution is -2.57. The molecule has 5 heteroatoms. The van der Waals surface area contributed by atoms with E-state index in [1.54, 1.807) is 6.07 Å². The molecule has 1 N–H and O–H groups in total. The van der Waals surface area contributed by atoms with Crippen molar-refractivity contribution < 1.29 is 13.9 Å². The fourth-order valence-electron chi connectivity index (χ4n) is 3.05. The average Bonchev–Trinajstić information content (AvgIpc) is 2.76. The summed E-state index contributed by atoms with van der Waals surface area (Å²) in [6, 6.07) is 4.48. The molecule has 1 amide bonds. The van der Waals surface area contributed by atoms with Gasteiger partial charge in [-0.25, -0.2) is 4.39 Å². The van der Waals surface area contributed by atoms with Gasteiger partial charge in [-0.05, 0) is 45.9 Å². The first-order chi connectivity index (χ1) is 10.3. The average molecular weight is 304 g/mol. The molecule has 1 unspecified atom stereocenters. The summed E-state index contributed by atoms with van der Waals surface area (Å²) < 4.78 is 19.3. The van der Waals surface area contributed by atoms with Crippen LogP contribution in [0.15, 0.2) is 18.2 Å². The van der Waals surface area contributed by atoms with Gasteiger partial charge in [0.1, 0.15) is 5.82 Å².